The van der Waals surface area contributed by atoms with Crippen LogP contribution in [0.5, 0.6) is 0 Å². The number of likely N-dealkylation sites (N-methyl/N-ethyl adjacent to an activating group) is 1. The lowest BCUT2D eigenvalue weighted by Crippen LogP contribution is -2.40. The minimum absolute atomic E-state index is 0.0451. The van der Waals surface area contributed by atoms with Gasteiger partial charge in [0.2, 0.25) is 0 Å². The van der Waals surface area contributed by atoms with E-state index in [1.165, 1.54) is 17.4 Å². The van der Waals surface area contributed by atoms with E-state index in [0.717, 1.165) is 33.7 Å². The third-order valence-corrected chi connectivity index (χ3v) is 9.16. The minimum atomic E-state index is -0.514. The van der Waals surface area contributed by atoms with Gasteiger partial charge in [-0.2, -0.15) is 0 Å². The Balaban J connectivity index is 1.27. The molecule has 4 aromatic rings. The second kappa shape index (κ2) is 10.9. The van der Waals surface area contributed by atoms with Gasteiger partial charge in [-0.3, -0.25) is 18.7 Å². The lowest BCUT2D eigenvalue weighted by molar-refractivity contribution is 0.0741. The van der Waals surface area contributed by atoms with Crippen molar-refractivity contribution in [3.63, 3.8) is 0 Å². The number of aromatic nitrogens is 5. The first-order valence-corrected chi connectivity index (χ1v) is 15.0. The number of aryl methyl sites for hydroxylation is 2. The van der Waals surface area contributed by atoms with Gasteiger partial charge in [0.1, 0.15) is 22.0 Å². The molecule has 1 N–H and O–H groups in total. The number of hydrogen-bond acceptors (Lipinski definition) is 6. The number of thiazole rings is 1. The summed E-state index contributed by atoms with van der Waals surface area (Å²) in [5.41, 5.74) is 1.60. The molecule has 6 rings (SSSR count). The summed E-state index contributed by atoms with van der Waals surface area (Å²) < 4.78 is 17.1. The fourth-order valence-corrected chi connectivity index (χ4v) is 6.57. The predicted octanol–water partition coefficient (Wildman–Crippen LogP) is 4.37. The fourth-order valence-electron chi connectivity index (χ4n) is 5.67. The first-order valence-electron chi connectivity index (χ1n) is 14.2. The third-order valence-electron chi connectivity index (χ3n) is 8.09. The van der Waals surface area contributed by atoms with Crippen molar-refractivity contribution in [3.05, 3.63) is 102 Å². The third kappa shape index (κ3) is 5.29. The van der Waals surface area contributed by atoms with Gasteiger partial charge < -0.3 is 9.88 Å². The summed E-state index contributed by atoms with van der Waals surface area (Å²) >= 11 is 1.41. The van der Waals surface area contributed by atoms with E-state index in [0.29, 0.717) is 35.2 Å². The van der Waals surface area contributed by atoms with Crippen molar-refractivity contribution in [2.24, 2.45) is 11.8 Å². The van der Waals surface area contributed by atoms with E-state index in [1.807, 2.05) is 33.0 Å². The van der Waals surface area contributed by atoms with Gasteiger partial charge in [0.05, 0.1) is 23.3 Å². The van der Waals surface area contributed by atoms with Crippen molar-refractivity contribution in [2.45, 2.75) is 59.2 Å². The normalized spacial score (nSPS) is 18.5. The monoisotopic (exact) mass is 588 g/mol. The van der Waals surface area contributed by atoms with Crippen LogP contribution in [0.4, 0.5) is 4.39 Å². The van der Waals surface area contributed by atoms with Crippen molar-refractivity contribution in [2.75, 3.05) is 7.05 Å². The van der Waals surface area contributed by atoms with Gasteiger partial charge in [-0.25, -0.2) is 19.2 Å². The maximum Gasteiger partial charge on any atom is 0.333 e. The highest BCUT2D eigenvalue weighted by Crippen LogP contribution is 2.31. The number of rotatable bonds is 8. The highest BCUT2D eigenvalue weighted by atomic mass is 32.1. The van der Waals surface area contributed by atoms with Crippen molar-refractivity contribution in [1.82, 2.24) is 29.0 Å². The smallest absolute Gasteiger partial charge is 0.333 e. The zero-order chi connectivity index (χ0) is 29.7. The highest BCUT2D eigenvalue weighted by Gasteiger charge is 2.29. The van der Waals surface area contributed by atoms with Gasteiger partial charge >= 0.3 is 5.69 Å². The van der Waals surface area contributed by atoms with Gasteiger partial charge in [0.15, 0.2) is 5.65 Å². The number of imidazole rings is 1. The summed E-state index contributed by atoms with van der Waals surface area (Å²) in [6.45, 7) is 6.13. The molecule has 3 heterocycles. The molecule has 0 radical (unpaired) electrons. The molecule has 218 valence electrons. The number of hydrogen-bond donors (Lipinski definition) is 1. The zero-order valence-corrected chi connectivity index (χ0v) is 24.9. The summed E-state index contributed by atoms with van der Waals surface area (Å²) in [4.78, 5) is 54.8. The predicted molar refractivity (Wildman–Crippen MR) is 160 cm³/mol. The number of amides is 1. The summed E-state index contributed by atoms with van der Waals surface area (Å²) in [6.07, 6.45) is 8.59. The average molecular weight is 589 g/mol. The van der Waals surface area contributed by atoms with E-state index < -0.39 is 17.1 Å². The maximum atomic E-state index is 14.4. The maximum absolute atomic E-state index is 14.4. The molecule has 2 atom stereocenters. The molecular formula is C31H33FN6O3S. The summed E-state index contributed by atoms with van der Waals surface area (Å²) in [6, 6.07) is 6.05. The van der Waals surface area contributed by atoms with Gasteiger partial charge in [-0.15, -0.1) is 11.3 Å². The van der Waals surface area contributed by atoms with Gasteiger partial charge in [0, 0.05) is 25.6 Å². The molecule has 9 nitrogen and oxygen atoms in total. The molecule has 0 spiro atoms. The lowest BCUT2D eigenvalue weighted by atomic mass is 9.90. The standard InChI is InChI=1S/C31H33FN6O3S/c1-17-13-21(11-12-24(17)36(4)30(40)27-18(2)33-19(3)42-27)14-25-34-26-28(35-25)37(15-20-9-10-20)31(41)38(29(26)39)16-22-7-5-6-8-23(22)32/h5-8,11-13,17,20,24H,9-10,14-16H2,1-4H3,(H,34,35). The Morgan fingerprint density at radius 3 is 2.60 bits per heavy atom. The van der Waals surface area contributed by atoms with Gasteiger partial charge in [-0.05, 0) is 50.2 Å². The lowest BCUT2D eigenvalue weighted by Gasteiger charge is -2.31. The Kier molecular flexibility index (Phi) is 7.30. The van der Waals surface area contributed by atoms with Crippen LogP contribution in [0.15, 0.2) is 57.7 Å². The summed E-state index contributed by atoms with van der Waals surface area (Å²) in [5.74, 6) is 0.467. The van der Waals surface area contributed by atoms with Crippen LogP contribution in [0, 0.1) is 31.5 Å². The molecule has 1 aromatic carbocycles. The first-order chi connectivity index (χ1) is 20.1. The van der Waals surface area contributed by atoms with E-state index in [9.17, 15) is 18.8 Å². The van der Waals surface area contributed by atoms with Gasteiger partial charge in [0.25, 0.3) is 11.5 Å². The number of carbonyl (C=O) groups excluding carboxylic acids is 1. The van der Waals surface area contributed by atoms with Crippen molar-refractivity contribution < 1.29 is 9.18 Å². The van der Waals surface area contributed by atoms with Crippen molar-refractivity contribution >= 4 is 28.4 Å². The fraction of sp³-hybridized carbons (Fsp3) is 0.387. The van der Waals surface area contributed by atoms with E-state index in [1.54, 1.807) is 27.7 Å². The minimum Gasteiger partial charge on any atom is -0.336 e. The topological polar surface area (TPSA) is 106 Å². The second-order valence-corrected chi connectivity index (χ2v) is 12.6. The molecule has 0 saturated heterocycles. The quantitative estimate of drug-likeness (QED) is 0.329. The number of halogens is 1. The summed E-state index contributed by atoms with van der Waals surface area (Å²) in [7, 11) is 1.81. The molecule has 11 heteroatoms. The highest BCUT2D eigenvalue weighted by molar-refractivity contribution is 7.13. The molecule has 0 bridgehead atoms. The number of nitrogens with one attached hydrogen (secondary N) is 1. The molecule has 3 aromatic heterocycles. The van der Waals surface area contributed by atoms with Crippen molar-refractivity contribution in [3.8, 4) is 0 Å². The first kappa shape index (κ1) is 28.0. The Morgan fingerprint density at radius 2 is 1.93 bits per heavy atom. The van der Waals surface area contributed by atoms with E-state index in [2.05, 4.69) is 23.0 Å². The molecule has 2 aliphatic carbocycles. The number of carbonyl (C=O) groups is 1. The van der Waals surface area contributed by atoms with Crippen LogP contribution in [0.2, 0.25) is 0 Å². The number of fused-ring (bicyclic) bond motifs is 1. The van der Waals surface area contributed by atoms with Crippen LogP contribution in [0.25, 0.3) is 11.2 Å². The Morgan fingerprint density at radius 1 is 1.17 bits per heavy atom. The number of nitrogens with zero attached hydrogens (tertiary/aromatic N) is 5. The van der Waals surface area contributed by atoms with Crippen LogP contribution in [0.3, 0.4) is 0 Å². The Bertz CT molecular complexity index is 1880. The number of allylic oxidation sites excluding steroid dienone is 2. The van der Waals surface area contributed by atoms with E-state index in [-0.39, 0.29) is 35.5 Å². The van der Waals surface area contributed by atoms with Crippen LogP contribution >= 0.6 is 11.3 Å². The molecule has 0 aliphatic heterocycles. The number of aromatic amines is 1. The molecule has 2 aliphatic rings. The molecular weight excluding hydrogens is 555 g/mol. The average Bonchev–Trinajstić information content (AvgIpc) is 3.58. The second-order valence-electron chi connectivity index (χ2n) is 11.4. The Hall–Kier alpha value is -4.12. The molecule has 42 heavy (non-hydrogen) atoms. The largest absolute Gasteiger partial charge is 0.336 e. The summed E-state index contributed by atoms with van der Waals surface area (Å²) in [5, 5.41) is 0.867. The number of H-pyrrole nitrogens is 1. The molecule has 1 amide bonds. The van der Waals surface area contributed by atoms with Crippen LogP contribution in [0.1, 0.15) is 51.5 Å². The van der Waals surface area contributed by atoms with Crippen LogP contribution in [-0.4, -0.2) is 48.0 Å². The molecule has 2 unspecified atom stereocenters. The molecule has 1 fully saturated rings. The SMILES string of the molecule is Cc1nc(C)c(C(=O)N(C)C2C=CC(Cc3nc4c([nH]3)c(=O)n(Cc3ccccc3F)c(=O)n4CC3CC3)=CC2C)s1. The van der Waals surface area contributed by atoms with Gasteiger partial charge in [-0.1, -0.05) is 43.4 Å². The van der Waals surface area contributed by atoms with Crippen LogP contribution in [-0.2, 0) is 19.5 Å². The Labute approximate surface area is 246 Å². The van der Waals surface area contributed by atoms with Crippen molar-refractivity contribution in [1.29, 1.82) is 0 Å². The number of benzene rings is 1. The zero-order valence-electron chi connectivity index (χ0n) is 24.1. The molecule has 1 saturated carbocycles. The van der Waals surface area contributed by atoms with E-state index in [4.69, 9.17) is 4.98 Å². The van der Waals surface area contributed by atoms with E-state index >= 15 is 0 Å². The van der Waals surface area contributed by atoms with Crippen LogP contribution < -0.4 is 11.2 Å².